The van der Waals surface area contributed by atoms with Crippen LogP contribution in [0, 0.1) is 0 Å². The Morgan fingerprint density at radius 1 is 1.17 bits per heavy atom. The number of anilines is 1. The van der Waals surface area contributed by atoms with Gasteiger partial charge < -0.3 is 15.5 Å². The standard InChI is InChI=1S/C19H30N4O/c1-3-5-13-21-19(20-4-2)22-15-16-9-11-17(12-10-16)23-14-7-6-8-18(23)24/h9-12H,3-8,13-15H2,1-2H3,(H2,20,21,22). The van der Waals surface area contributed by atoms with Crippen LogP contribution in [0.15, 0.2) is 29.3 Å². The SMILES string of the molecule is CCCCNC(=NCc1ccc(N2CCCCC2=O)cc1)NCC. The lowest BCUT2D eigenvalue weighted by atomic mass is 10.1. The number of benzene rings is 1. The van der Waals surface area contributed by atoms with Crippen molar-refractivity contribution in [2.75, 3.05) is 24.5 Å². The van der Waals surface area contributed by atoms with Crippen molar-refractivity contribution in [3.63, 3.8) is 0 Å². The lowest BCUT2D eigenvalue weighted by Gasteiger charge is -2.26. The number of rotatable bonds is 7. The summed E-state index contributed by atoms with van der Waals surface area (Å²) in [7, 11) is 0. The van der Waals surface area contributed by atoms with Crippen LogP contribution in [0.3, 0.4) is 0 Å². The molecule has 1 aromatic carbocycles. The van der Waals surface area contributed by atoms with Crippen LogP contribution >= 0.6 is 0 Å². The first-order valence-electron chi connectivity index (χ1n) is 9.16. The number of amides is 1. The van der Waals surface area contributed by atoms with Crippen molar-refractivity contribution in [3.05, 3.63) is 29.8 Å². The first-order valence-corrected chi connectivity index (χ1v) is 9.16. The Balaban J connectivity index is 1.94. The normalized spacial score (nSPS) is 15.5. The van der Waals surface area contributed by atoms with E-state index in [2.05, 4.69) is 41.6 Å². The molecule has 5 nitrogen and oxygen atoms in total. The number of piperidine rings is 1. The minimum absolute atomic E-state index is 0.238. The maximum Gasteiger partial charge on any atom is 0.226 e. The molecule has 0 aromatic heterocycles. The zero-order valence-corrected chi connectivity index (χ0v) is 15.0. The van der Waals surface area contributed by atoms with E-state index in [1.165, 1.54) is 6.42 Å². The van der Waals surface area contributed by atoms with Crippen molar-refractivity contribution in [2.45, 2.75) is 52.5 Å². The van der Waals surface area contributed by atoms with Crippen molar-refractivity contribution >= 4 is 17.6 Å². The molecular weight excluding hydrogens is 300 g/mol. The van der Waals surface area contributed by atoms with Gasteiger partial charge in [0.15, 0.2) is 5.96 Å². The summed E-state index contributed by atoms with van der Waals surface area (Å²) in [5.41, 5.74) is 2.15. The Bertz CT molecular complexity index is 539. The molecule has 1 aromatic rings. The average molecular weight is 330 g/mol. The van der Waals surface area contributed by atoms with Crippen LogP contribution < -0.4 is 15.5 Å². The molecule has 132 valence electrons. The van der Waals surface area contributed by atoms with E-state index in [-0.39, 0.29) is 5.91 Å². The van der Waals surface area contributed by atoms with Crippen molar-refractivity contribution in [2.24, 2.45) is 4.99 Å². The molecule has 0 unspecified atom stereocenters. The topological polar surface area (TPSA) is 56.7 Å². The van der Waals surface area contributed by atoms with Gasteiger partial charge in [0.1, 0.15) is 0 Å². The van der Waals surface area contributed by atoms with Crippen LogP contribution in [0.1, 0.15) is 51.5 Å². The molecule has 0 atom stereocenters. The van der Waals surface area contributed by atoms with E-state index in [0.29, 0.717) is 13.0 Å². The summed E-state index contributed by atoms with van der Waals surface area (Å²) in [5, 5.41) is 6.61. The Labute approximate surface area is 145 Å². The molecule has 0 radical (unpaired) electrons. The molecule has 0 aliphatic carbocycles. The second-order valence-electron chi connectivity index (χ2n) is 6.14. The molecule has 24 heavy (non-hydrogen) atoms. The molecule has 1 heterocycles. The fourth-order valence-corrected chi connectivity index (χ4v) is 2.76. The summed E-state index contributed by atoms with van der Waals surface area (Å²) in [6.45, 7) is 7.52. The third-order valence-electron chi connectivity index (χ3n) is 4.16. The number of unbranched alkanes of at least 4 members (excludes halogenated alkanes) is 1. The molecule has 1 fully saturated rings. The highest BCUT2D eigenvalue weighted by Crippen LogP contribution is 2.21. The first kappa shape index (κ1) is 18.3. The first-order chi connectivity index (χ1) is 11.7. The summed E-state index contributed by atoms with van der Waals surface area (Å²) in [4.78, 5) is 18.5. The largest absolute Gasteiger partial charge is 0.357 e. The number of hydrogen-bond acceptors (Lipinski definition) is 2. The summed E-state index contributed by atoms with van der Waals surface area (Å²) in [5.74, 6) is 1.10. The number of carbonyl (C=O) groups excluding carboxylic acids is 1. The second kappa shape index (κ2) is 9.96. The molecule has 1 aliphatic rings. The lowest BCUT2D eigenvalue weighted by Crippen LogP contribution is -2.37. The maximum absolute atomic E-state index is 12.0. The van der Waals surface area contributed by atoms with Gasteiger partial charge in [-0.3, -0.25) is 4.79 Å². The van der Waals surface area contributed by atoms with Gasteiger partial charge in [-0.05, 0) is 43.9 Å². The highest BCUT2D eigenvalue weighted by atomic mass is 16.2. The molecule has 1 aliphatic heterocycles. The number of carbonyl (C=O) groups is 1. The third-order valence-corrected chi connectivity index (χ3v) is 4.16. The van der Waals surface area contributed by atoms with E-state index in [4.69, 9.17) is 0 Å². The highest BCUT2D eigenvalue weighted by Gasteiger charge is 2.19. The average Bonchev–Trinajstić information content (AvgIpc) is 2.61. The smallest absolute Gasteiger partial charge is 0.226 e. The molecule has 0 spiro atoms. The van der Waals surface area contributed by atoms with Gasteiger partial charge in [0.25, 0.3) is 0 Å². The monoisotopic (exact) mass is 330 g/mol. The number of hydrogen-bond donors (Lipinski definition) is 2. The van der Waals surface area contributed by atoms with Crippen LogP contribution in [0.2, 0.25) is 0 Å². The van der Waals surface area contributed by atoms with Crippen molar-refractivity contribution < 1.29 is 4.79 Å². The van der Waals surface area contributed by atoms with E-state index in [9.17, 15) is 4.79 Å². The highest BCUT2D eigenvalue weighted by molar-refractivity contribution is 5.93. The van der Waals surface area contributed by atoms with Crippen molar-refractivity contribution in [1.82, 2.24) is 10.6 Å². The molecule has 0 saturated carbocycles. The molecule has 5 heteroatoms. The van der Waals surface area contributed by atoms with E-state index in [0.717, 1.165) is 56.1 Å². The summed E-state index contributed by atoms with van der Waals surface area (Å²) >= 11 is 0. The number of nitrogens with zero attached hydrogens (tertiary/aromatic N) is 2. The predicted octanol–water partition coefficient (Wildman–Crippen LogP) is 3.06. The van der Waals surface area contributed by atoms with Crippen molar-refractivity contribution in [1.29, 1.82) is 0 Å². The lowest BCUT2D eigenvalue weighted by molar-refractivity contribution is -0.119. The fourth-order valence-electron chi connectivity index (χ4n) is 2.76. The molecular formula is C19H30N4O. The molecule has 0 bridgehead atoms. The zero-order valence-electron chi connectivity index (χ0n) is 15.0. The minimum Gasteiger partial charge on any atom is -0.357 e. The summed E-state index contributed by atoms with van der Waals surface area (Å²) in [6.07, 6.45) is 5.08. The fraction of sp³-hybridized carbons (Fsp3) is 0.579. The van der Waals surface area contributed by atoms with Crippen LogP contribution in [-0.2, 0) is 11.3 Å². The Morgan fingerprint density at radius 3 is 2.62 bits per heavy atom. The predicted molar refractivity (Wildman–Crippen MR) is 100 cm³/mol. The van der Waals surface area contributed by atoms with Gasteiger partial charge in [-0.2, -0.15) is 0 Å². The van der Waals surface area contributed by atoms with Crippen LogP contribution in [0.4, 0.5) is 5.69 Å². The van der Waals surface area contributed by atoms with Crippen LogP contribution in [0.25, 0.3) is 0 Å². The molecule has 1 amide bonds. The van der Waals surface area contributed by atoms with Gasteiger partial charge in [0, 0.05) is 31.7 Å². The van der Waals surface area contributed by atoms with Crippen LogP contribution in [-0.4, -0.2) is 31.5 Å². The van der Waals surface area contributed by atoms with Gasteiger partial charge in [0.2, 0.25) is 5.91 Å². The van der Waals surface area contributed by atoms with Crippen LogP contribution in [0.5, 0.6) is 0 Å². The van der Waals surface area contributed by atoms with E-state index in [1.54, 1.807) is 0 Å². The van der Waals surface area contributed by atoms with E-state index < -0.39 is 0 Å². The van der Waals surface area contributed by atoms with Gasteiger partial charge in [0.05, 0.1) is 6.54 Å². The Hall–Kier alpha value is -2.04. The van der Waals surface area contributed by atoms with Gasteiger partial charge in [-0.25, -0.2) is 4.99 Å². The maximum atomic E-state index is 12.0. The van der Waals surface area contributed by atoms with E-state index in [1.807, 2.05) is 17.0 Å². The number of nitrogens with one attached hydrogen (secondary N) is 2. The van der Waals surface area contributed by atoms with Gasteiger partial charge in [-0.1, -0.05) is 25.5 Å². The van der Waals surface area contributed by atoms with Crippen molar-refractivity contribution in [3.8, 4) is 0 Å². The Kier molecular flexibility index (Phi) is 7.59. The quantitative estimate of drug-likeness (QED) is 0.459. The Morgan fingerprint density at radius 2 is 1.96 bits per heavy atom. The third kappa shape index (κ3) is 5.55. The molecule has 1 saturated heterocycles. The van der Waals surface area contributed by atoms with Gasteiger partial charge >= 0.3 is 0 Å². The molecule has 2 rings (SSSR count). The molecule has 2 N–H and O–H groups in total. The summed E-state index contributed by atoms with van der Waals surface area (Å²) in [6, 6.07) is 8.20. The van der Waals surface area contributed by atoms with E-state index >= 15 is 0 Å². The second-order valence-corrected chi connectivity index (χ2v) is 6.14. The number of guanidine groups is 1. The van der Waals surface area contributed by atoms with Gasteiger partial charge in [-0.15, -0.1) is 0 Å². The minimum atomic E-state index is 0.238. The summed E-state index contributed by atoms with van der Waals surface area (Å²) < 4.78 is 0. The zero-order chi connectivity index (χ0) is 17.2. The number of aliphatic imine (C=N–C) groups is 1.